The lowest BCUT2D eigenvalue weighted by atomic mass is 10.1. The number of alkyl halides is 3. The molecule has 0 aliphatic carbocycles. The molecule has 0 amide bonds. The lowest BCUT2D eigenvalue weighted by Gasteiger charge is -2.17. The van der Waals surface area contributed by atoms with E-state index in [2.05, 4.69) is 9.46 Å². The summed E-state index contributed by atoms with van der Waals surface area (Å²) in [5.41, 5.74) is 0. The van der Waals surface area contributed by atoms with Crippen molar-refractivity contribution in [3.63, 3.8) is 0 Å². The summed E-state index contributed by atoms with van der Waals surface area (Å²) in [7, 11) is -4.12. The van der Waals surface area contributed by atoms with Crippen molar-refractivity contribution in [3.05, 3.63) is 24.3 Å². The molecule has 10 heteroatoms. The molecule has 2 N–H and O–H groups in total. The minimum absolute atomic E-state index is 0.0491. The van der Waals surface area contributed by atoms with Crippen LogP contribution in [0.4, 0.5) is 13.2 Å². The second-order valence-electron chi connectivity index (χ2n) is 5.52. The highest BCUT2D eigenvalue weighted by Gasteiger charge is 2.29. The summed E-state index contributed by atoms with van der Waals surface area (Å²) < 4.78 is 67.0. The highest BCUT2D eigenvalue weighted by atomic mass is 32.2. The first kappa shape index (κ1) is 20.2. The topological polar surface area (TPSA) is 92.7 Å². The molecule has 24 heavy (non-hydrogen) atoms. The summed E-state index contributed by atoms with van der Waals surface area (Å²) >= 11 is 0. The molecule has 0 saturated carbocycles. The van der Waals surface area contributed by atoms with Crippen LogP contribution in [-0.4, -0.2) is 38.3 Å². The second-order valence-corrected chi connectivity index (χ2v) is 7.23. The number of rotatable bonds is 8. The standard InChI is InChI=1S/C14H18F3NO5S/c1-9(2)7-12(13(19)20)18-24(21,22)11-5-3-10(4-6-11)23-8-14(15,16)17/h3-6,9,12,18H,7-8H2,1-2H3,(H,19,20). The lowest BCUT2D eigenvalue weighted by molar-refractivity contribution is -0.153. The Morgan fingerprint density at radius 3 is 2.21 bits per heavy atom. The molecule has 1 rings (SSSR count). The van der Waals surface area contributed by atoms with Crippen LogP contribution in [0.1, 0.15) is 20.3 Å². The lowest BCUT2D eigenvalue weighted by Crippen LogP contribution is -2.41. The van der Waals surface area contributed by atoms with Gasteiger partial charge in [0.15, 0.2) is 6.61 Å². The van der Waals surface area contributed by atoms with Gasteiger partial charge in [-0.1, -0.05) is 13.8 Å². The first-order valence-corrected chi connectivity index (χ1v) is 8.44. The normalized spacial score (nSPS) is 13.8. The van der Waals surface area contributed by atoms with Gasteiger partial charge in [0.2, 0.25) is 10.0 Å². The van der Waals surface area contributed by atoms with Crippen LogP contribution in [0.25, 0.3) is 0 Å². The van der Waals surface area contributed by atoms with Crippen LogP contribution < -0.4 is 9.46 Å². The number of nitrogens with one attached hydrogen (secondary N) is 1. The van der Waals surface area contributed by atoms with Crippen molar-refractivity contribution in [1.29, 1.82) is 0 Å². The average molecular weight is 369 g/mol. The zero-order valence-electron chi connectivity index (χ0n) is 13.0. The van der Waals surface area contributed by atoms with Gasteiger partial charge in [-0.15, -0.1) is 0 Å². The summed E-state index contributed by atoms with van der Waals surface area (Å²) in [6, 6.07) is 2.93. The predicted octanol–water partition coefficient (Wildman–Crippen LogP) is 2.41. The minimum atomic E-state index is -4.50. The fourth-order valence-corrected chi connectivity index (χ4v) is 3.01. The molecule has 0 fully saturated rings. The number of carboxylic acid groups (broad SMARTS) is 1. The van der Waals surface area contributed by atoms with Gasteiger partial charge in [-0.2, -0.15) is 17.9 Å². The van der Waals surface area contributed by atoms with Crippen molar-refractivity contribution in [2.75, 3.05) is 6.61 Å². The van der Waals surface area contributed by atoms with Crippen molar-refractivity contribution in [3.8, 4) is 5.75 Å². The van der Waals surface area contributed by atoms with Crippen LogP contribution >= 0.6 is 0 Å². The van der Waals surface area contributed by atoms with Crippen LogP contribution in [0.15, 0.2) is 29.2 Å². The zero-order valence-corrected chi connectivity index (χ0v) is 13.8. The van der Waals surface area contributed by atoms with E-state index in [1.54, 1.807) is 13.8 Å². The highest BCUT2D eigenvalue weighted by Crippen LogP contribution is 2.20. The zero-order chi connectivity index (χ0) is 18.5. The molecule has 0 aliphatic heterocycles. The van der Waals surface area contributed by atoms with Crippen LogP contribution in [0.5, 0.6) is 5.75 Å². The van der Waals surface area contributed by atoms with Crippen molar-refractivity contribution >= 4 is 16.0 Å². The fourth-order valence-electron chi connectivity index (χ4n) is 1.81. The molecule has 6 nitrogen and oxygen atoms in total. The van der Waals surface area contributed by atoms with Crippen molar-refractivity contribution in [2.24, 2.45) is 5.92 Å². The van der Waals surface area contributed by atoms with E-state index in [9.17, 15) is 26.4 Å². The van der Waals surface area contributed by atoms with Crippen LogP contribution in [-0.2, 0) is 14.8 Å². The predicted molar refractivity (Wildman–Crippen MR) is 79.2 cm³/mol. The number of aliphatic carboxylic acids is 1. The molecule has 136 valence electrons. The molecule has 1 aromatic rings. The van der Waals surface area contributed by atoms with E-state index in [1.807, 2.05) is 0 Å². The van der Waals surface area contributed by atoms with Crippen molar-refractivity contribution in [1.82, 2.24) is 4.72 Å². The van der Waals surface area contributed by atoms with Crippen molar-refractivity contribution < 1.29 is 36.2 Å². The number of hydrogen-bond acceptors (Lipinski definition) is 4. The van der Waals surface area contributed by atoms with E-state index < -0.39 is 34.8 Å². The van der Waals surface area contributed by atoms with E-state index in [-0.39, 0.29) is 23.0 Å². The number of benzene rings is 1. The van der Waals surface area contributed by atoms with Crippen LogP contribution in [0.2, 0.25) is 0 Å². The fraction of sp³-hybridized carbons (Fsp3) is 0.500. The Morgan fingerprint density at radius 1 is 1.25 bits per heavy atom. The Kier molecular flexibility index (Phi) is 6.61. The summed E-state index contributed by atoms with van der Waals surface area (Å²) in [4.78, 5) is 10.9. The molecular weight excluding hydrogens is 351 g/mol. The summed E-state index contributed by atoms with van der Waals surface area (Å²) in [6.45, 7) is 2.00. The Labute approximate surface area is 137 Å². The van der Waals surface area contributed by atoms with Gasteiger partial charge in [-0.25, -0.2) is 8.42 Å². The third-order valence-electron chi connectivity index (χ3n) is 2.84. The number of sulfonamides is 1. The van der Waals surface area contributed by atoms with Gasteiger partial charge >= 0.3 is 12.1 Å². The molecular formula is C14H18F3NO5S. The van der Waals surface area contributed by atoms with E-state index in [0.29, 0.717) is 0 Å². The molecule has 1 unspecified atom stereocenters. The van der Waals surface area contributed by atoms with Gasteiger partial charge in [0.1, 0.15) is 11.8 Å². The van der Waals surface area contributed by atoms with Crippen molar-refractivity contribution in [2.45, 2.75) is 37.4 Å². The number of ether oxygens (including phenoxy) is 1. The quantitative estimate of drug-likeness (QED) is 0.734. The maximum Gasteiger partial charge on any atom is 0.422 e. The summed E-state index contributed by atoms with van der Waals surface area (Å²) in [5, 5.41) is 9.07. The highest BCUT2D eigenvalue weighted by molar-refractivity contribution is 7.89. The van der Waals surface area contributed by atoms with Crippen LogP contribution in [0.3, 0.4) is 0 Å². The van der Waals surface area contributed by atoms with E-state index in [1.165, 1.54) is 0 Å². The number of carbonyl (C=O) groups is 1. The van der Waals surface area contributed by atoms with Gasteiger partial charge in [0.25, 0.3) is 0 Å². The molecule has 1 atom stereocenters. The third kappa shape index (κ3) is 6.75. The van der Waals surface area contributed by atoms with Gasteiger partial charge in [-0.3, -0.25) is 4.79 Å². The molecule has 0 aromatic heterocycles. The molecule has 0 spiro atoms. The Hall–Kier alpha value is -1.81. The van der Waals surface area contributed by atoms with Crippen LogP contribution in [0, 0.1) is 5.92 Å². The number of halogens is 3. The average Bonchev–Trinajstić information content (AvgIpc) is 2.43. The third-order valence-corrected chi connectivity index (χ3v) is 4.33. The van der Waals surface area contributed by atoms with Gasteiger partial charge < -0.3 is 9.84 Å². The molecule has 1 aromatic carbocycles. The smallest absolute Gasteiger partial charge is 0.422 e. The van der Waals surface area contributed by atoms with E-state index in [4.69, 9.17) is 5.11 Å². The van der Waals surface area contributed by atoms with Gasteiger partial charge in [0, 0.05) is 0 Å². The molecule has 0 bridgehead atoms. The first-order valence-electron chi connectivity index (χ1n) is 6.95. The first-order chi connectivity index (χ1) is 10.9. The molecule has 0 aliphatic rings. The van der Waals surface area contributed by atoms with Gasteiger partial charge in [0.05, 0.1) is 4.90 Å². The SMILES string of the molecule is CC(C)CC(NS(=O)(=O)c1ccc(OCC(F)(F)F)cc1)C(=O)O. The number of carboxylic acids is 1. The molecule has 0 radical (unpaired) electrons. The second kappa shape index (κ2) is 7.84. The Bertz CT molecular complexity index is 656. The Balaban J connectivity index is 2.85. The van der Waals surface area contributed by atoms with Gasteiger partial charge in [-0.05, 0) is 36.6 Å². The monoisotopic (exact) mass is 369 g/mol. The Morgan fingerprint density at radius 2 is 1.79 bits per heavy atom. The van der Waals surface area contributed by atoms with E-state index >= 15 is 0 Å². The molecule has 0 heterocycles. The summed E-state index contributed by atoms with van der Waals surface area (Å²) in [6.07, 6.45) is -4.40. The number of hydrogen-bond donors (Lipinski definition) is 2. The maximum absolute atomic E-state index is 12.2. The molecule has 0 saturated heterocycles. The van der Waals surface area contributed by atoms with E-state index in [0.717, 1.165) is 24.3 Å². The maximum atomic E-state index is 12.2. The summed E-state index contributed by atoms with van der Waals surface area (Å²) in [5.74, 6) is -1.51. The minimum Gasteiger partial charge on any atom is -0.484 e. The largest absolute Gasteiger partial charge is 0.484 e.